The highest BCUT2D eigenvalue weighted by Crippen LogP contribution is 2.28. The molecule has 1 unspecified atom stereocenters. The molecule has 2 rings (SSSR count). The molecule has 2 aromatic rings. The standard InChI is InChI=1S/C17H21FN2O3S/c1-3-22-10-4-9-19-16(21)12(2)24-17-20-11-15(23-17)13-5-7-14(18)8-6-13/h5-8,11-12H,3-4,9-10H2,1-2H3,(H,19,21). The van der Waals surface area contributed by atoms with Crippen molar-refractivity contribution in [2.24, 2.45) is 0 Å². The van der Waals surface area contributed by atoms with Crippen LogP contribution < -0.4 is 5.32 Å². The molecule has 0 bridgehead atoms. The first-order chi connectivity index (χ1) is 11.6. The Morgan fingerprint density at radius 2 is 2.17 bits per heavy atom. The summed E-state index contributed by atoms with van der Waals surface area (Å²) in [5, 5.41) is 2.94. The molecule has 1 amide bonds. The van der Waals surface area contributed by atoms with E-state index in [0.29, 0.717) is 30.7 Å². The second kappa shape index (κ2) is 9.44. The summed E-state index contributed by atoms with van der Waals surface area (Å²) in [6.07, 6.45) is 2.35. The van der Waals surface area contributed by atoms with E-state index in [1.807, 2.05) is 6.92 Å². The highest BCUT2D eigenvalue weighted by atomic mass is 32.2. The number of hydrogen-bond acceptors (Lipinski definition) is 5. The van der Waals surface area contributed by atoms with Gasteiger partial charge in [0.15, 0.2) is 5.76 Å². The fourth-order valence-electron chi connectivity index (χ4n) is 1.94. The minimum Gasteiger partial charge on any atom is -0.431 e. The molecule has 0 aliphatic carbocycles. The van der Waals surface area contributed by atoms with E-state index in [1.165, 1.54) is 23.9 Å². The molecule has 0 aliphatic rings. The molecule has 5 nitrogen and oxygen atoms in total. The predicted molar refractivity (Wildman–Crippen MR) is 91.3 cm³/mol. The first kappa shape index (κ1) is 18.5. The lowest BCUT2D eigenvalue weighted by molar-refractivity contribution is -0.120. The topological polar surface area (TPSA) is 64.4 Å². The number of oxazole rings is 1. The van der Waals surface area contributed by atoms with Gasteiger partial charge in [-0.1, -0.05) is 11.8 Å². The molecule has 7 heteroatoms. The van der Waals surface area contributed by atoms with Crippen LogP contribution >= 0.6 is 11.8 Å². The van der Waals surface area contributed by atoms with E-state index < -0.39 is 0 Å². The third-order valence-electron chi connectivity index (χ3n) is 3.23. The number of hydrogen-bond donors (Lipinski definition) is 1. The van der Waals surface area contributed by atoms with Crippen molar-refractivity contribution in [3.8, 4) is 11.3 Å². The molecule has 1 heterocycles. The van der Waals surface area contributed by atoms with Gasteiger partial charge in [-0.05, 0) is 44.5 Å². The van der Waals surface area contributed by atoms with Crippen molar-refractivity contribution in [2.45, 2.75) is 30.7 Å². The molecule has 24 heavy (non-hydrogen) atoms. The lowest BCUT2D eigenvalue weighted by atomic mass is 10.2. The third-order valence-corrected chi connectivity index (χ3v) is 4.19. The SMILES string of the molecule is CCOCCCNC(=O)C(C)Sc1ncc(-c2ccc(F)cc2)o1. The zero-order valence-corrected chi connectivity index (χ0v) is 14.6. The van der Waals surface area contributed by atoms with Crippen molar-refractivity contribution in [1.82, 2.24) is 10.3 Å². The van der Waals surface area contributed by atoms with E-state index in [9.17, 15) is 9.18 Å². The van der Waals surface area contributed by atoms with E-state index in [-0.39, 0.29) is 17.0 Å². The summed E-state index contributed by atoms with van der Waals surface area (Å²) in [6, 6.07) is 5.98. The minimum atomic E-state index is -0.322. The number of amides is 1. The Hall–Kier alpha value is -1.86. The summed E-state index contributed by atoms with van der Waals surface area (Å²) in [7, 11) is 0. The quantitative estimate of drug-likeness (QED) is 0.553. The van der Waals surface area contributed by atoms with Crippen LogP contribution in [-0.4, -0.2) is 35.9 Å². The lowest BCUT2D eigenvalue weighted by Crippen LogP contribution is -2.32. The molecule has 1 aromatic carbocycles. The average Bonchev–Trinajstić information content (AvgIpc) is 3.03. The van der Waals surface area contributed by atoms with Gasteiger partial charge in [0.1, 0.15) is 5.82 Å². The van der Waals surface area contributed by atoms with Gasteiger partial charge in [-0.2, -0.15) is 0 Å². The summed E-state index contributed by atoms with van der Waals surface area (Å²) in [6.45, 7) is 5.63. The molecule has 1 atom stereocenters. The van der Waals surface area contributed by atoms with Gasteiger partial charge in [-0.15, -0.1) is 0 Å². The van der Waals surface area contributed by atoms with E-state index in [2.05, 4.69) is 10.3 Å². The maximum Gasteiger partial charge on any atom is 0.256 e. The smallest absolute Gasteiger partial charge is 0.256 e. The lowest BCUT2D eigenvalue weighted by Gasteiger charge is -2.09. The summed E-state index contributed by atoms with van der Waals surface area (Å²) >= 11 is 1.24. The van der Waals surface area contributed by atoms with Gasteiger partial charge in [-0.3, -0.25) is 4.79 Å². The normalized spacial score (nSPS) is 12.1. The Morgan fingerprint density at radius 1 is 1.42 bits per heavy atom. The maximum absolute atomic E-state index is 12.9. The maximum atomic E-state index is 12.9. The van der Waals surface area contributed by atoms with Crippen molar-refractivity contribution >= 4 is 17.7 Å². The van der Waals surface area contributed by atoms with Crippen molar-refractivity contribution in [3.05, 3.63) is 36.3 Å². The first-order valence-electron chi connectivity index (χ1n) is 7.84. The van der Waals surface area contributed by atoms with Gasteiger partial charge in [0, 0.05) is 25.3 Å². The van der Waals surface area contributed by atoms with Crippen LogP contribution in [0.5, 0.6) is 0 Å². The van der Waals surface area contributed by atoms with Crippen LogP contribution in [0.2, 0.25) is 0 Å². The molecule has 0 saturated carbocycles. The van der Waals surface area contributed by atoms with Crippen LogP contribution in [0.15, 0.2) is 40.1 Å². The molecule has 1 N–H and O–H groups in total. The fourth-order valence-corrected chi connectivity index (χ4v) is 2.68. The molecular formula is C17H21FN2O3S. The number of halogens is 1. The second-order valence-corrected chi connectivity index (χ2v) is 6.39. The van der Waals surface area contributed by atoms with Crippen LogP contribution in [0.3, 0.4) is 0 Å². The number of nitrogens with one attached hydrogen (secondary N) is 1. The van der Waals surface area contributed by atoms with Gasteiger partial charge in [0.25, 0.3) is 5.22 Å². The van der Waals surface area contributed by atoms with Crippen LogP contribution in [-0.2, 0) is 9.53 Å². The zero-order chi connectivity index (χ0) is 17.4. The van der Waals surface area contributed by atoms with Gasteiger partial charge >= 0.3 is 0 Å². The summed E-state index contributed by atoms with van der Waals surface area (Å²) in [5.74, 6) is 0.169. The second-order valence-electron chi connectivity index (χ2n) is 5.10. The van der Waals surface area contributed by atoms with Crippen molar-refractivity contribution < 1.29 is 18.3 Å². The monoisotopic (exact) mass is 352 g/mol. The number of carbonyl (C=O) groups is 1. The molecule has 0 radical (unpaired) electrons. The van der Waals surface area contributed by atoms with E-state index in [0.717, 1.165) is 12.0 Å². The van der Waals surface area contributed by atoms with Gasteiger partial charge in [0.05, 0.1) is 11.4 Å². The summed E-state index contributed by atoms with van der Waals surface area (Å²) in [5.41, 5.74) is 0.740. The van der Waals surface area contributed by atoms with Crippen molar-refractivity contribution in [1.29, 1.82) is 0 Å². The van der Waals surface area contributed by atoms with Gasteiger partial charge in [0.2, 0.25) is 5.91 Å². The number of rotatable bonds is 9. The number of benzene rings is 1. The largest absolute Gasteiger partial charge is 0.431 e. The third kappa shape index (κ3) is 5.65. The van der Waals surface area contributed by atoms with E-state index in [4.69, 9.17) is 9.15 Å². The Morgan fingerprint density at radius 3 is 2.88 bits per heavy atom. The van der Waals surface area contributed by atoms with E-state index >= 15 is 0 Å². The molecule has 0 aliphatic heterocycles. The number of aromatic nitrogens is 1. The molecule has 0 saturated heterocycles. The van der Waals surface area contributed by atoms with Crippen LogP contribution in [0, 0.1) is 5.82 Å². The molecule has 1 aromatic heterocycles. The van der Waals surface area contributed by atoms with Crippen molar-refractivity contribution in [3.63, 3.8) is 0 Å². The molecule has 130 valence electrons. The molecule has 0 spiro atoms. The predicted octanol–water partition coefficient (Wildman–Crippen LogP) is 3.50. The van der Waals surface area contributed by atoms with E-state index in [1.54, 1.807) is 25.3 Å². The number of carbonyl (C=O) groups excluding carboxylic acids is 1. The highest BCUT2D eigenvalue weighted by Gasteiger charge is 2.17. The minimum absolute atomic E-state index is 0.0713. The number of thioether (sulfide) groups is 1. The van der Waals surface area contributed by atoms with Crippen LogP contribution in [0.1, 0.15) is 20.3 Å². The summed E-state index contributed by atoms with van der Waals surface area (Å²) in [4.78, 5) is 16.2. The zero-order valence-electron chi connectivity index (χ0n) is 13.8. The average molecular weight is 352 g/mol. The Kier molecular flexibility index (Phi) is 7.27. The summed E-state index contributed by atoms with van der Waals surface area (Å²) < 4.78 is 23.8. The fraction of sp³-hybridized carbons (Fsp3) is 0.412. The highest BCUT2D eigenvalue weighted by molar-refractivity contribution is 8.00. The van der Waals surface area contributed by atoms with Crippen molar-refractivity contribution in [2.75, 3.05) is 19.8 Å². The Labute approximate surface area is 145 Å². The van der Waals surface area contributed by atoms with Crippen LogP contribution in [0.4, 0.5) is 4.39 Å². The number of ether oxygens (including phenoxy) is 1. The first-order valence-corrected chi connectivity index (χ1v) is 8.72. The molecule has 0 fully saturated rings. The van der Waals surface area contributed by atoms with Gasteiger partial charge in [-0.25, -0.2) is 9.37 Å². The number of nitrogens with zero attached hydrogens (tertiary/aromatic N) is 1. The Balaban J connectivity index is 1.82. The Bertz CT molecular complexity index is 646. The van der Waals surface area contributed by atoms with Gasteiger partial charge < -0.3 is 14.5 Å². The molecular weight excluding hydrogens is 331 g/mol. The van der Waals surface area contributed by atoms with Crippen LogP contribution in [0.25, 0.3) is 11.3 Å².